The van der Waals surface area contributed by atoms with E-state index in [4.69, 9.17) is 5.73 Å². The van der Waals surface area contributed by atoms with Crippen LogP contribution < -0.4 is 5.73 Å². The summed E-state index contributed by atoms with van der Waals surface area (Å²) in [4.78, 5) is 2.85. The lowest BCUT2D eigenvalue weighted by atomic mass is 9.79. The SMILES string of the molecule is CCc1ccc([C@@H](N)C2CCC2)s1. The Labute approximate surface area is 84.0 Å². The zero-order chi connectivity index (χ0) is 9.26. The van der Waals surface area contributed by atoms with Gasteiger partial charge in [-0.15, -0.1) is 11.3 Å². The number of hydrogen-bond acceptors (Lipinski definition) is 2. The predicted molar refractivity (Wildman–Crippen MR) is 58.0 cm³/mol. The predicted octanol–water partition coefficient (Wildman–Crippen LogP) is 3.11. The fourth-order valence-electron chi connectivity index (χ4n) is 1.79. The van der Waals surface area contributed by atoms with Gasteiger partial charge in [0.25, 0.3) is 0 Å². The molecule has 1 aliphatic rings. The largest absolute Gasteiger partial charge is 0.323 e. The lowest BCUT2D eigenvalue weighted by Gasteiger charge is -2.30. The first-order valence-electron chi connectivity index (χ1n) is 5.15. The molecule has 2 N–H and O–H groups in total. The number of hydrogen-bond donors (Lipinski definition) is 1. The van der Waals surface area contributed by atoms with E-state index in [1.807, 2.05) is 11.3 Å². The molecule has 1 aliphatic carbocycles. The molecule has 2 rings (SSSR count). The molecule has 0 amide bonds. The van der Waals surface area contributed by atoms with Crippen LogP contribution in [0.3, 0.4) is 0 Å². The highest BCUT2D eigenvalue weighted by Crippen LogP contribution is 2.38. The second kappa shape index (κ2) is 3.81. The van der Waals surface area contributed by atoms with Crippen LogP contribution in [0.25, 0.3) is 0 Å². The Balaban J connectivity index is 2.05. The maximum absolute atomic E-state index is 6.18. The molecule has 1 heterocycles. The van der Waals surface area contributed by atoms with Gasteiger partial charge < -0.3 is 5.73 Å². The van der Waals surface area contributed by atoms with E-state index in [0.717, 1.165) is 12.3 Å². The fraction of sp³-hybridized carbons (Fsp3) is 0.636. The van der Waals surface area contributed by atoms with E-state index in [-0.39, 0.29) is 0 Å². The van der Waals surface area contributed by atoms with E-state index in [1.165, 1.54) is 29.0 Å². The number of aryl methyl sites for hydroxylation is 1. The van der Waals surface area contributed by atoms with Gasteiger partial charge in [-0.05, 0) is 37.3 Å². The normalized spacial score (nSPS) is 19.8. The first-order valence-corrected chi connectivity index (χ1v) is 5.97. The zero-order valence-corrected chi connectivity index (χ0v) is 8.94. The summed E-state index contributed by atoms with van der Waals surface area (Å²) in [5.41, 5.74) is 6.18. The van der Waals surface area contributed by atoms with Gasteiger partial charge in [0.2, 0.25) is 0 Å². The zero-order valence-electron chi connectivity index (χ0n) is 8.12. The Kier molecular flexibility index (Phi) is 2.70. The van der Waals surface area contributed by atoms with Gasteiger partial charge in [0.15, 0.2) is 0 Å². The molecule has 0 aromatic carbocycles. The van der Waals surface area contributed by atoms with E-state index in [1.54, 1.807) is 0 Å². The van der Waals surface area contributed by atoms with Gasteiger partial charge in [-0.3, -0.25) is 0 Å². The molecule has 0 spiro atoms. The van der Waals surface area contributed by atoms with E-state index in [9.17, 15) is 0 Å². The Morgan fingerprint density at radius 2 is 2.31 bits per heavy atom. The van der Waals surface area contributed by atoms with Crippen molar-refractivity contribution in [3.05, 3.63) is 21.9 Å². The van der Waals surface area contributed by atoms with Gasteiger partial charge in [-0.25, -0.2) is 0 Å². The molecule has 1 atom stereocenters. The number of thiophene rings is 1. The molecule has 0 saturated heterocycles. The molecule has 1 nitrogen and oxygen atoms in total. The second-order valence-electron chi connectivity index (χ2n) is 3.87. The monoisotopic (exact) mass is 195 g/mol. The van der Waals surface area contributed by atoms with Crippen LogP contribution in [0.2, 0.25) is 0 Å². The van der Waals surface area contributed by atoms with E-state index < -0.39 is 0 Å². The summed E-state index contributed by atoms with van der Waals surface area (Å²) in [6.45, 7) is 2.20. The van der Waals surface area contributed by atoms with E-state index >= 15 is 0 Å². The van der Waals surface area contributed by atoms with Gasteiger partial charge in [-0.1, -0.05) is 13.3 Å². The van der Waals surface area contributed by atoms with Crippen molar-refractivity contribution in [2.45, 2.75) is 38.6 Å². The van der Waals surface area contributed by atoms with E-state index in [0.29, 0.717) is 6.04 Å². The molecule has 1 aromatic heterocycles. The average Bonchev–Trinajstić information content (AvgIpc) is 2.48. The minimum absolute atomic E-state index is 0.319. The van der Waals surface area contributed by atoms with Crippen molar-refractivity contribution in [3.8, 4) is 0 Å². The molecule has 13 heavy (non-hydrogen) atoms. The Hall–Kier alpha value is -0.340. The minimum Gasteiger partial charge on any atom is -0.323 e. The van der Waals surface area contributed by atoms with Gasteiger partial charge in [0.1, 0.15) is 0 Å². The molecular weight excluding hydrogens is 178 g/mol. The van der Waals surface area contributed by atoms with Crippen LogP contribution in [0, 0.1) is 5.92 Å². The van der Waals surface area contributed by atoms with Crippen LogP contribution in [0.5, 0.6) is 0 Å². The quantitative estimate of drug-likeness (QED) is 0.788. The first kappa shape index (κ1) is 9.22. The fourth-order valence-corrected chi connectivity index (χ4v) is 2.84. The molecule has 2 heteroatoms. The summed E-state index contributed by atoms with van der Waals surface area (Å²) in [5.74, 6) is 0.767. The van der Waals surface area contributed by atoms with Crippen molar-refractivity contribution < 1.29 is 0 Å². The summed E-state index contributed by atoms with van der Waals surface area (Å²) < 4.78 is 0. The van der Waals surface area contributed by atoms with Gasteiger partial charge in [0, 0.05) is 15.8 Å². The summed E-state index contributed by atoms with van der Waals surface area (Å²) in [6, 6.07) is 4.75. The maximum atomic E-state index is 6.18. The molecule has 0 radical (unpaired) electrons. The highest BCUT2D eigenvalue weighted by atomic mass is 32.1. The molecule has 0 aliphatic heterocycles. The maximum Gasteiger partial charge on any atom is 0.0418 e. The van der Waals surface area contributed by atoms with Gasteiger partial charge in [0.05, 0.1) is 0 Å². The summed E-state index contributed by atoms with van der Waals surface area (Å²) in [5, 5.41) is 0. The summed E-state index contributed by atoms with van der Waals surface area (Å²) in [6.07, 6.45) is 5.19. The molecule has 1 saturated carbocycles. The van der Waals surface area contributed by atoms with Crippen LogP contribution in [0.15, 0.2) is 12.1 Å². The van der Waals surface area contributed by atoms with Crippen LogP contribution in [0.1, 0.15) is 42.0 Å². The van der Waals surface area contributed by atoms with Crippen LogP contribution >= 0.6 is 11.3 Å². The highest BCUT2D eigenvalue weighted by Gasteiger charge is 2.26. The molecule has 1 fully saturated rings. The Morgan fingerprint density at radius 3 is 2.77 bits per heavy atom. The molecular formula is C11H17NS. The average molecular weight is 195 g/mol. The van der Waals surface area contributed by atoms with Crippen molar-refractivity contribution in [3.63, 3.8) is 0 Å². The third kappa shape index (κ3) is 1.79. The van der Waals surface area contributed by atoms with Crippen molar-refractivity contribution in [1.29, 1.82) is 0 Å². The highest BCUT2D eigenvalue weighted by molar-refractivity contribution is 7.12. The lowest BCUT2D eigenvalue weighted by Crippen LogP contribution is -2.25. The van der Waals surface area contributed by atoms with E-state index in [2.05, 4.69) is 19.1 Å². The van der Waals surface area contributed by atoms with Crippen molar-refractivity contribution in [2.24, 2.45) is 11.7 Å². The standard InChI is InChI=1S/C11H17NS/c1-2-9-6-7-10(13-9)11(12)8-4-3-5-8/h6-8,11H,2-5,12H2,1H3/t11-/m0/s1. The lowest BCUT2D eigenvalue weighted by molar-refractivity contribution is 0.267. The van der Waals surface area contributed by atoms with Crippen molar-refractivity contribution in [1.82, 2.24) is 0 Å². The molecule has 0 bridgehead atoms. The smallest absolute Gasteiger partial charge is 0.0418 e. The topological polar surface area (TPSA) is 26.0 Å². The second-order valence-corrected chi connectivity index (χ2v) is 5.07. The third-order valence-electron chi connectivity index (χ3n) is 3.02. The van der Waals surface area contributed by atoms with Gasteiger partial charge >= 0.3 is 0 Å². The van der Waals surface area contributed by atoms with Crippen molar-refractivity contribution in [2.75, 3.05) is 0 Å². The van der Waals surface area contributed by atoms with Crippen LogP contribution in [-0.2, 0) is 6.42 Å². The van der Waals surface area contributed by atoms with Gasteiger partial charge in [-0.2, -0.15) is 0 Å². The first-order chi connectivity index (χ1) is 6.31. The molecule has 72 valence electrons. The summed E-state index contributed by atoms with van der Waals surface area (Å²) in [7, 11) is 0. The Morgan fingerprint density at radius 1 is 1.54 bits per heavy atom. The third-order valence-corrected chi connectivity index (χ3v) is 4.35. The molecule has 0 unspecified atom stereocenters. The summed E-state index contributed by atoms with van der Waals surface area (Å²) >= 11 is 1.89. The minimum atomic E-state index is 0.319. The number of rotatable bonds is 3. The van der Waals surface area contributed by atoms with Crippen molar-refractivity contribution >= 4 is 11.3 Å². The number of nitrogens with two attached hydrogens (primary N) is 1. The van der Waals surface area contributed by atoms with Crippen LogP contribution in [0.4, 0.5) is 0 Å². The van der Waals surface area contributed by atoms with Crippen LogP contribution in [-0.4, -0.2) is 0 Å². The Bertz CT molecular complexity index is 275. The molecule has 1 aromatic rings.